The van der Waals surface area contributed by atoms with Crippen molar-refractivity contribution < 1.29 is 8.46 Å². The number of rotatable bonds is 4. The first-order valence-corrected chi connectivity index (χ1v) is 13.7. The minimum absolute atomic E-state index is 0.188. The number of pyridine rings is 1. The van der Waals surface area contributed by atoms with Crippen LogP contribution in [0.3, 0.4) is 0 Å². The molecule has 1 unspecified atom stereocenters. The number of hydrogen-bond donors (Lipinski definition) is 0. The van der Waals surface area contributed by atoms with Crippen LogP contribution in [0.5, 0.6) is 0 Å². The number of aromatic nitrogens is 1. The van der Waals surface area contributed by atoms with Crippen LogP contribution in [0.25, 0.3) is 0 Å². The van der Waals surface area contributed by atoms with Gasteiger partial charge >= 0.3 is 49.1 Å². The molecule has 2 aromatic rings. The van der Waals surface area contributed by atoms with Gasteiger partial charge in [-0.25, -0.2) is 0 Å². The van der Waals surface area contributed by atoms with E-state index in [0.717, 1.165) is 5.69 Å². The van der Waals surface area contributed by atoms with E-state index in [-0.39, 0.29) is 6.04 Å². The summed E-state index contributed by atoms with van der Waals surface area (Å²) in [6.45, 7) is 4.38. The molecule has 0 aliphatic heterocycles. The molecule has 2 rings (SSSR count). The zero-order valence-electron chi connectivity index (χ0n) is 11.9. The number of aliphatic imine (C=N–C) groups is 1. The number of halogens is 2. The Morgan fingerprint density at radius 3 is 2.19 bits per heavy atom. The van der Waals surface area contributed by atoms with Crippen molar-refractivity contribution in [2.75, 3.05) is 0 Å². The van der Waals surface area contributed by atoms with Gasteiger partial charge in [-0.1, -0.05) is 50.2 Å². The van der Waals surface area contributed by atoms with Gasteiger partial charge in [0.15, 0.2) is 0 Å². The Labute approximate surface area is 155 Å². The second-order valence-corrected chi connectivity index (χ2v) is 14.0. The van der Waals surface area contributed by atoms with Gasteiger partial charge in [-0.3, -0.25) is 9.98 Å². The second-order valence-electron chi connectivity index (χ2n) is 4.68. The van der Waals surface area contributed by atoms with Crippen LogP contribution < -0.4 is 0 Å². The van der Waals surface area contributed by atoms with E-state index in [0.29, 0.717) is 5.92 Å². The van der Waals surface area contributed by atoms with Crippen LogP contribution in [-0.4, -0.2) is 11.2 Å². The molecule has 1 aromatic carbocycles. The summed E-state index contributed by atoms with van der Waals surface area (Å²) in [6, 6.07) is 16.4. The topological polar surface area (TPSA) is 25.2 Å². The van der Waals surface area contributed by atoms with Gasteiger partial charge in [0.05, 0.1) is 11.7 Å². The molecule has 0 fully saturated rings. The van der Waals surface area contributed by atoms with E-state index < -0.39 is 0 Å². The molecule has 0 aliphatic rings. The number of nitrogens with zero attached hydrogens (tertiary/aromatic N) is 2. The van der Waals surface area contributed by atoms with Crippen LogP contribution in [-0.2, 0) is 8.46 Å². The van der Waals surface area contributed by atoms with Crippen LogP contribution in [0.2, 0.25) is 0 Å². The number of benzene rings is 1. The Balaban J connectivity index is 0.000000677. The molecule has 0 N–H and O–H groups in total. The van der Waals surface area contributed by atoms with E-state index in [1.165, 1.54) is 14.0 Å². The Morgan fingerprint density at radius 2 is 1.67 bits per heavy atom. The van der Waals surface area contributed by atoms with Crippen molar-refractivity contribution in [2.45, 2.75) is 19.9 Å². The van der Waals surface area contributed by atoms with Gasteiger partial charge in [0, 0.05) is 12.4 Å². The fourth-order valence-corrected chi connectivity index (χ4v) is 1.90. The van der Waals surface area contributed by atoms with E-state index in [9.17, 15) is 0 Å². The molecule has 1 aromatic heterocycles. The van der Waals surface area contributed by atoms with Crippen LogP contribution >= 0.6 is 40.7 Å². The molecular formula is C16H18FeI2N2. The molecule has 0 radical (unpaired) electrons. The third kappa shape index (κ3) is 7.72. The van der Waals surface area contributed by atoms with Gasteiger partial charge in [-0.15, -0.1) is 0 Å². The standard InChI is InChI=1S/C16H18N2.Fe.2HI/c1-13(2)16(14-8-4-3-5-9-14)18-12-15-10-6-7-11-17-15;;;/h3-13,16H,1-2H3;;2*1H/q;+2;;/p-2. The van der Waals surface area contributed by atoms with E-state index in [2.05, 4.69) is 88.8 Å². The Hall–Kier alpha value is 0.0195. The predicted octanol–water partition coefficient (Wildman–Crippen LogP) is 5.67. The molecule has 1 atom stereocenters. The summed E-state index contributed by atoms with van der Waals surface area (Å²) in [7, 11) is 1.19. The van der Waals surface area contributed by atoms with Gasteiger partial charge < -0.3 is 0 Å². The molecule has 0 spiro atoms. The molecule has 0 amide bonds. The molecule has 5 heteroatoms. The Morgan fingerprint density at radius 1 is 1.05 bits per heavy atom. The zero-order valence-corrected chi connectivity index (χ0v) is 17.4. The third-order valence-electron chi connectivity index (χ3n) is 2.83. The fraction of sp³-hybridized carbons (Fsp3) is 0.250. The first-order chi connectivity index (χ1) is 10.2. The van der Waals surface area contributed by atoms with Crippen molar-refractivity contribution in [3.63, 3.8) is 0 Å². The van der Waals surface area contributed by atoms with Gasteiger partial charge in [0.25, 0.3) is 0 Å². The molecule has 0 bridgehead atoms. The summed E-state index contributed by atoms with van der Waals surface area (Å²) < 4.78 is 0. The Kier molecular flexibility index (Phi) is 10.5. The van der Waals surface area contributed by atoms with E-state index in [1.54, 1.807) is 6.20 Å². The maximum absolute atomic E-state index is 4.68. The second kappa shape index (κ2) is 11.6. The van der Waals surface area contributed by atoms with E-state index in [4.69, 9.17) is 0 Å². The summed E-state index contributed by atoms with van der Waals surface area (Å²) in [5, 5.41) is 0. The maximum atomic E-state index is 4.68. The van der Waals surface area contributed by atoms with Crippen molar-refractivity contribution in [3.8, 4) is 0 Å². The quantitative estimate of drug-likeness (QED) is 0.275. The summed E-state index contributed by atoms with van der Waals surface area (Å²) >= 11 is 4.55. The first-order valence-electron chi connectivity index (χ1n) is 6.53. The van der Waals surface area contributed by atoms with Crippen molar-refractivity contribution in [1.82, 2.24) is 4.98 Å². The third-order valence-corrected chi connectivity index (χ3v) is 2.83. The summed E-state index contributed by atoms with van der Waals surface area (Å²) in [6.07, 6.45) is 3.64. The van der Waals surface area contributed by atoms with Crippen molar-refractivity contribution in [3.05, 3.63) is 66.0 Å². The summed E-state index contributed by atoms with van der Waals surface area (Å²) in [5.41, 5.74) is 2.15. The number of hydrogen-bond acceptors (Lipinski definition) is 2. The van der Waals surface area contributed by atoms with Gasteiger partial charge in [0.2, 0.25) is 0 Å². The minimum atomic E-state index is 0.188. The zero-order chi connectivity index (χ0) is 15.5. The van der Waals surface area contributed by atoms with E-state index >= 15 is 0 Å². The first kappa shape index (κ1) is 19.1. The van der Waals surface area contributed by atoms with Gasteiger partial charge in [-0.05, 0) is 23.6 Å². The fourth-order valence-electron chi connectivity index (χ4n) is 1.90. The molecule has 114 valence electrons. The molecule has 0 saturated carbocycles. The van der Waals surface area contributed by atoms with Crippen molar-refractivity contribution in [2.24, 2.45) is 10.9 Å². The van der Waals surface area contributed by atoms with E-state index in [1.807, 2.05) is 30.5 Å². The summed E-state index contributed by atoms with van der Waals surface area (Å²) in [5.74, 6) is 0.465. The molecule has 2 nitrogen and oxygen atoms in total. The Bertz CT molecular complexity index is 518. The van der Waals surface area contributed by atoms with Crippen molar-refractivity contribution >= 4 is 46.9 Å². The monoisotopic (exact) mass is 548 g/mol. The van der Waals surface area contributed by atoms with Crippen LogP contribution in [0.1, 0.15) is 31.1 Å². The normalized spacial score (nSPS) is 12.2. The van der Waals surface area contributed by atoms with Gasteiger partial charge in [0.1, 0.15) is 0 Å². The average Bonchev–Trinajstić information content (AvgIpc) is 2.50. The molecule has 1 heterocycles. The molecular weight excluding hydrogens is 530 g/mol. The predicted molar refractivity (Wildman–Crippen MR) is 104 cm³/mol. The molecule has 0 saturated heterocycles. The van der Waals surface area contributed by atoms with Crippen LogP contribution in [0.4, 0.5) is 0 Å². The van der Waals surface area contributed by atoms with Crippen LogP contribution in [0, 0.1) is 5.92 Å². The van der Waals surface area contributed by atoms with Crippen LogP contribution in [0.15, 0.2) is 59.7 Å². The van der Waals surface area contributed by atoms with Crippen molar-refractivity contribution in [1.29, 1.82) is 0 Å². The average molecular weight is 548 g/mol. The molecule has 0 aliphatic carbocycles. The summed E-state index contributed by atoms with van der Waals surface area (Å²) in [4.78, 5) is 8.93. The van der Waals surface area contributed by atoms with Gasteiger partial charge in [-0.2, -0.15) is 0 Å². The molecule has 21 heavy (non-hydrogen) atoms. The SMILES string of the molecule is CC(C)C(N=Cc1ccccn1)c1ccccc1.[I][Fe][I].